The van der Waals surface area contributed by atoms with E-state index in [1.807, 2.05) is 6.07 Å². The Morgan fingerprint density at radius 2 is 1.91 bits per heavy atom. The van der Waals surface area contributed by atoms with E-state index in [4.69, 9.17) is 0 Å². The van der Waals surface area contributed by atoms with Gasteiger partial charge in [0.05, 0.1) is 11.7 Å². The first-order chi connectivity index (χ1) is 10.9. The molecular weight excluding hydrogens is 296 g/mol. The molecular formula is C18H17F2N3. The van der Waals surface area contributed by atoms with Crippen molar-refractivity contribution in [2.45, 2.75) is 39.2 Å². The van der Waals surface area contributed by atoms with E-state index in [1.54, 1.807) is 13.0 Å². The molecule has 118 valence electrons. The van der Waals surface area contributed by atoms with Gasteiger partial charge in [0.25, 0.3) is 0 Å². The van der Waals surface area contributed by atoms with Gasteiger partial charge >= 0.3 is 0 Å². The second-order valence-electron chi connectivity index (χ2n) is 6.81. The van der Waals surface area contributed by atoms with Gasteiger partial charge in [-0.05, 0) is 51.0 Å². The topological polar surface area (TPSA) is 30.7 Å². The molecule has 0 fully saturated rings. The van der Waals surface area contributed by atoms with E-state index < -0.39 is 11.6 Å². The largest absolute Gasteiger partial charge is 0.322 e. The molecule has 3 aromatic rings. The van der Waals surface area contributed by atoms with Crippen molar-refractivity contribution in [3.05, 3.63) is 47.5 Å². The fourth-order valence-corrected chi connectivity index (χ4v) is 3.48. The van der Waals surface area contributed by atoms with Gasteiger partial charge in [0.15, 0.2) is 5.82 Å². The molecule has 5 heteroatoms. The van der Waals surface area contributed by atoms with Crippen molar-refractivity contribution >= 4 is 11.0 Å². The average molecular weight is 313 g/mol. The first-order valence-electron chi connectivity index (χ1n) is 7.71. The van der Waals surface area contributed by atoms with Gasteiger partial charge < -0.3 is 4.57 Å². The summed E-state index contributed by atoms with van der Waals surface area (Å²) in [5.74, 6) is 0.0336. The molecule has 0 amide bonds. The SMILES string of the molecule is Cc1cc(-c2cc(F)c3nc4n(c3c2)C(C)(C)CC4)c(F)cn1. The molecule has 3 nitrogen and oxygen atoms in total. The maximum absolute atomic E-state index is 14.6. The van der Waals surface area contributed by atoms with E-state index in [0.29, 0.717) is 22.3 Å². The standard InChI is InChI=1S/C18H17F2N3/c1-10-6-12(14(20)9-21-10)11-7-13(19)17-15(8-11)23-16(22-17)4-5-18(23,2)3/h6-9H,4-5H2,1-3H3. The maximum Gasteiger partial charge on any atom is 0.151 e. The fourth-order valence-electron chi connectivity index (χ4n) is 3.48. The van der Waals surface area contributed by atoms with E-state index in [2.05, 4.69) is 28.4 Å². The minimum absolute atomic E-state index is 0.109. The molecule has 0 spiro atoms. The number of halogens is 2. The Hall–Kier alpha value is -2.30. The first-order valence-corrected chi connectivity index (χ1v) is 7.71. The van der Waals surface area contributed by atoms with Gasteiger partial charge in [0.2, 0.25) is 0 Å². The Kier molecular flexibility index (Phi) is 2.86. The van der Waals surface area contributed by atoms with E-state index in [9.17, 15) is 8.78 Å². The second-order valence-corrected chi connectivity index (χ2v) is 6.81. The predicted octanol–water partition coefficient (Wildman–Crippen LogP) is 4.37. The molecule has 3 heterocycles. The number of imidazole rings is 1. The maximum atomic E-state index is 14.6. The number of aromatic nitrogens is 3. The first kappa shape index (κ1) is 14.3. The van der Waals surface area contributed by atoms with Crippen LogP contribution < -0.4 is 0 Å². The third-order valence-electron chi connectivity index (χ3n) is 4.65. The summed E-state index contributed by atoms with van der Waals surface area (Å²) in [5.41, 5.74) is 2.56. The van der Waals surface area contributed by atoms with Crippen molar-refractivity contribution in [2.75, 3.05) is 0 Å². The molecule has 4 rings (SSSR count). The summed E-state index contributed by atoms with van der Waals surface area (Å²) < 4.78 is 30.8. The third-order valence-corrected chi connectivity index (χ3v) is 4.65. The molecule has 23 heavy (non-hydrogen) atoms. The van der Waals surface area contributed by atoms with E-state index in [0.717, 1.165) is 24.2 Å². The molecule has 0 atom stereocenters. The molecule has 0 saturated carbocycles. The van der Waals surface area contributed by atoms with Crippen LogP contribution in [0.4, 0.5) is 8.78 Å². The lowest BCUT2D eigenvalue weighted by molar-refractivity contribution is 0.386. The Morgan fingerprint density at radius 1 is 1.13 bits per heavy atom. The lowest BCUT2D eigenvalue weighted by atomic mass is 10.0. The highest BCUT2D eigenvalue weighted by Crippen LogP contribution is 2.38. The lowest BCUT2D eigenvalue weighted by Gasteiger charge is -2.22. The predicted molar refractivity (Wildman–Crippen MR) is 85.3 cm³/mol. The normalized spacial score (nSPS) is 16.0. The van der Waals surface area contributed by atoms with Gasteiger partial charge in [0, 0.05) is 23.2 Å². The highest BCUT2D eigenvalue weighted by atomic mass is 19.1. The zero-order valence-corrected chi connectivity index (χ0v) is 13.3. The highest BCUT2D eigenvalue weighted by Gasteiger charge is 2.33. The Bertz CT molecular complexity index is 941. The van der Waals surface area contributed by atoms with Crippen molar-refractivity contribution in [1.82, 2.24) is 14.5 Å². The van der Waals surface area contributed by atoms with Crippen LogP contribution in [-0.4, -0.2) is 14.5 Å². The molecule has 1 aliphatic rings. The van der Waals surface area contributed by atoms with Crippen LogP contribution in [0, 0.1) is 18.6 Å². The fraction of sp³-hybridized carbons (Fsp3) is 0.333. The third kappa shape index (κ3) is 2.06. The molecule has 0 radical (unpaired) electrons. The van der Waals surface area contributed by atoms with Gasteiger partial charge in [-0.25, -0.2) is 13.8 Å². The Labute approximate surface area is 133 Å². The Morgan fingerprint density at radius 3 is 2.70 bits per heavy atom. The molecule has 2 aromatic heterocycles. The van der Waals surface area contributed by atoms with Crippen molar-refractivity contribution in [3.63, 3.8) is 0 Å². The molecule has 1 aromatic carbocycles. The van der Waals surface area contributed by atoms with Crippen LogP contribution in [0.15, 0.2) is 24.4 Å². The van der Waals surface area contributed by atoms with Gasteiger partial charge in [-0.15, -0.1) is 0 Å². The number of hydrogen-bond acceptors (Lipinski definition) is 2. The molecule has 1 aliphatic heterocycles. The molecule has 0 bridgehead atoms. The van der Waals surface area contributed by atoms with Crippen LogP contribution >= 0.6 is 0 Å². The minimum Gasteiger partial charge on any atom is -0.322 e. The van der Waals surface area contributed by atoms with Crippen LogP contribution in [0.2, 0.25) is 0 Å². The summed E-state index contributed by atoms with van der Waals surface area (Å²) in [6.45, 7) is 6.02. The number of aryl methyl sites for hydroxylation is 2. The summed E-state index contributed by atoms with van der Waals surface area (Å²) in [5, 5.41) is 0. The average Bonchev–Trinajstić information content (AvgIpc) is 3.00. The molecule has 0 aliphatic carbocycles. The number of rotatable bonds is 1. The second kappa shape index (κ2) is 4.60. The zero-order valence-electron chi connectivity index (χ0n) is 13.3. The van der Waals surface area contributed by atoms with Crippen molar-refractivity contribution in [1.29, 1.82) is 0 Å². The van der Waals surface area contributed by atoms with Gasteiger partial charge in [-0.2, -0.15) is 0 Å². The van der Waals surface area contributed by atoms with E-state index in [1.165, 1.54) is 12.3 Å². The summed E-state index contributed by atoms with van der Waals surface area (Å²) in [7, 11) is 0. The van der Waals surface area contributed by atoms with Gasteiger partial charge in [-0.1, -0.05) is 0 Å². The van der Waals surface area contributed by atoms with Crippen molar-refractivity contribution in [3.8, 4) is 11.1 Å². The number of fused-ring (bicyclic) bond motifs is 3. The van der Waals surface area contributed by atoms with Crippen LogP contribution in [0.1, 0.15) is 31.8 Å². The number of hydrogen-bond donors (Lipinski definition) is 0. The van der Waals surface area contributed by atoms with Crippen LogP contribution in [0.5, 0.6) is 0 Å². The minimum atomic E-state index is -0.449. The summed E-state index contributed by atoms with van der Waals surface area (Å²) >= 11 is 0. The van der Waals surface area contributed by atoms with Gasteiger partial charge in [-0.3, -0.25) is 4.98 Å². The number of nitrogens with zero attached hydrogens (tertiary/aromatic N) is 3. The van der Waals surface area contributed by atoms with Crippen molar-refractivity contribution in [2.24, 2.45) is 0 Å². The number of pyridine rings is 1. The van der Waals surface area contributed by atoms with Crippen molar-refractivity contribution < 1.29 is 8.78 Å². The molecule has 0 unspecified atom stereocenters. The summed E-state index contributed by atoms with van der Waals surface area (Å²) in [6.07, 6.45) is 2.98. The van der Waals surface area contributed by atoms with Crippen LogP contribution in [0.25, 0.3) is 22.2 Å². The van der Waals surface area contributed by atoms with Gasteiger partial charge in [0.1, 0.15) is 17.2 Å². The monoisotopic (exact) mass is 313 g/mol. The van der Waals surface area contributed by atoms with Crippen LogP contribution in [-0.2, 0) is 12.0 Å². The molecule has 0 N–H and O–H groups in total. The van der Waals surface area contributed by atoms with Crippen LogP contribution in [0.3, 0.4) is 0 Å². The summed E-state index contributed by atoms with van der Waals surface area (Å²) in [4.78, 5) is 8.38. The lowest BCUT2D eigenvalue weighted by Crippen LogP contribution is -2.21. The smallest absolute Gasteiger partial charge is 0.151 e. The highest BCUT2D eigenvalue weighted by molar-refractivity contribution is 5.84. The quantitative estimate of drug-likeness (QED) is 0.668. The molecule has 0 saturated heterocycles. The van der Waals surface area contributed by atoms with E-state index in [-0.39, 0.29) is 5.54 Å². The summed E-state index contributed by atoms with van der Waals surface area (Å²) in [6, 6.07) is 4.83. The Balaban J connectivity index is 2.02. The number of benzene rings is 1. The van der Waals surface area contributed by atoms with E-state index >= 15 is 0 Å². The zero-order chi connectivity index (χ0) is 16.4.